The summed E-state index contributed by atoms with van der Waals surface area (Å²) in [6.07, 6.45) is 3.73. The van der Waals surface area contributed by atoms with Crippen molar-refractivity contribution in [2.24, 2.45) is 0 Å². The summed E-state index contributed by atoms with van der Waals surface area (Å²) in [4.78, 5) is 11.9. The molecule has 0 aliphatic carbocycles. The molecule has 0 radical (unpaired) electrons. The molecule has 0 aliphatic heterocycles. The Labute approximate surface area is 129 Å². The highest BCUT2D eigenvalue weighted by Gasteiger charge is 2.34. The van der Waals surface area contributed by atoms with Crippen molar-refractivity contribution in [2.45, 2.75) is 59.0 Å². The Hall–Kier alpha value is -0.650. The summed E-state index contributed by atoms with van der Waals surface area (Å²) in [6.45, 7) is 10.9. The minimum absolute atomic E-state index is 0.297. The highest BCUT2D eigenvalue weighted by Crippen LogP contribution is 2.19. The van der Waals surface area contributed by atoms with Crippen molar-refractivity contribution in [1.82, 2.24) is 0 Å². The van der Waals surface area contributed by atoms with Crippen LogP contribution < -0.4 is 0 Å². The van der Waals surface area contributed by atoms with Crippen LogP contribution in [0.3, 0.4) is 0 Å². The number of ether oxygens (including phenoxy) is 4. The van der Waals surface area contributed by atoms with Gasteiger partial charge in [-0.15, -0.1) is 0 Å². The SMILES string of the molecule is CCCCOCCOCCOC(C)(CCC)C(=O)OCC. The molecule has 0 saturated heterocycles. The second kappa shape index (κ2) is 13.0. The predicted octanol–water partition coefficient (Wildman–Crippen LogP) is 2.96. The van der Waals surface area contributed by atoms with Gasteiger partial charge in [0, 0.05) is 6.61 Å². The van der Waals surface area contributed by atoms with Crippen LogP contribution in [-0.2, 0) is 23.7 Å². The van der Waals surface area contributed by atoms with Gasteiger partial charge in [0.25, 0.3) is 0 Å². The highest BCUT2D eigenvalue weighted by atomic mass is 16.6. The topological polar surface area (TPSA) is 54.0 Å². The number of hydrogen-bond donors (Lipinski definition) is 0. The van der Waals surface area contributed by atoms with Gasteiger partial charge in [-0.3, -0.25) is 0 Å². The van der Waals surface area contributed by atoms with E-state index in [0.29, 0.717) is 39.5 Å². The number of carbonyl (C=O) groups excluding carboxylic acids is 1. The number of rotatable bonds is 14. The molecule has 21 heavy (non-hydrogen) atoms. The van der Waals surface area contributed by atoms with Gasteiger partial charge in [-0.1, -0.05) is 26.7 Å². The average Bonchev–Trinajstić information content (AvgIpc) is 2.46. The molecule has 0 saturated carbocycles. The Kier molecular flexibility index (Phi) is 12.6. The van der Waals surface area contributed by atoms with Gasteiger partial charge in [-0.05, 0) is 26.7 Å². The molecule has 0 rings (SSSR count). The molecule has 1 unspecified atom stereocenters. The largest absolute Gasteiger partial charge is 0.464 e. The maximum absolute atomic E-state index is 11.9. The van der Waals surface area contributed by atoms with Crippen LogP contribution >= 0.6 is 0 Å². The average molecular weight is 304 g/mol. The zero-order valence-electron chi connectivity index (χ0n) is 14.1. The minimum Gasteiger partial charge on any atom is -0.464 e. The summed E-state index contributed by atoms with van der Waals surface area (Å²) in [5.74, 6) is -0.297. The Morgan fingerprint density at radius 1 is 0.905 bits per heavy atom. The van der Waals surface area contributed by atoms with E-state index in [9.17, 15) is 4.79 Å². The monoisotopic (exact) mass is 304 g/mol. The molecule has 1 atom stereocenters. The summed E-state index contributed by atoms with van der Waals surface area (Å²) >= 11 is 0. The lowest BCUT2D eigenvalue weighted by molar-refractivity contribution is -0.173. The van der Waals surface area contributed by atoms with Crippen LogP contribution in [0.15, 0.2) is 0 Å². The molecule has 0 heterocycles. The predicted molar refractivity (Wildman–Crippen MR) is 82.4 cm³/mol. The van der Waals surface area contributed by atoms with Crippen molar-refractivity contribution in [3.8, 4) is 0 Å². The molecule has 0 fully saturated rings. The smallest absolute Gasteiger partial charge is 0.338 e. The van der Waals surface area contributed by atoms with E-state index in [4.69, 9.17) is 18.9 Å². The molecule has 0 amide bonds. The third-order valence-corrected chi connectivity index (χ3v) is 3.10. The molecular weight excluding hydrogens is 272 g/mol. The third-order valence-electron chi connectivity index (χ3n) is 3.10. The van der Waals surface area contributed by atoms with E-state index in [1.807, 2.05) is 6.92 Å². The number of unbranched alkanes of at least 4 members (excludes halogenated alkanes) is 1. The van der Waals surface area contributed by atoms with Crippen LogP contribution in [0.5, 0.6) is 0 Å². The third kappa shape index (κ3) is 9.82. The Morgan fingerprint density at radius 2 is 1.52 bits per heavy atom. The molecule has 0 bridgehead atoms. The van der Waals surface area contributed by atoms with Crippen molar-refractivity contribution in [2.75, 3.05) is 39.6 Å². The van der Waals surface area contributed by atoms with Crippen LogP contribution in [0.1, 0.15) is 53.4 Å². The first kappa shape index (κ1) is 20.3. The van der Waals surface area contributed by atoms with E-state index in [0.717, 1.165) is 25.9 Å². The fourth-order valence-corrected chi connectivity index (χ4v) is 1.89. The van der Waals surface area contributed by atoms with Gasteiger partial charge in [0.05, 0.1) is 33.0 Å². The Morgan fingerprint density at radius 3 is 2.10 bits per heavy atom. The summed E-state index contributed by atoms with van der Waals surface area (Å²) < 4.78 is 21.6. The van der Waals surface area contributed by atoms with E-state index >= 15 is 0 Å². The summed E-state index contributed by atoms with van der Waals surface area (Å²) in [5.41, 5.74) is -0.869. The number of hydrogen-bond acceptors (Lipinski definition) is 5. The van der Waals surface area contributed by atoms with Gasteiger partial charge in [0.2, 0.25) is 0 Å². The molecule has 0 aromatic carbocycles. The van der Waals surface area contributed by atoms with Crippen LogP contribution in [0, 0.1) is 0 Å². The lowest BCUT2D eigenvalue weighted by Gasteiger charge is -2.27. The van der Waals surface area contributed by atoms with Gasteiger partial charge in [-0.2, -0.15) is 0 Å². The molecule has 5 nitrogen and oxygen atoms in total. The second-order valence-corrected chi connectivity index (χ2v) is 5.13. The standard InChI is InChI=1S/C16H32O5/c1-5-8-10-18-11-12-19-13-14-21-16(4,9-6-2)15(17)20-7-3/h5-14H2,1-4H3. The van der Waals surface area contributed by atoms with E-state index in [-0.39, 0.29) is 5.97 Å². The van der Waals surface area contributed by atoms with Gasteiger partial charge >= 0.3 is 5.97 Å². The molecule has 0 aromatic rings. The Bertz CT molecular complexity index is 257. The van der Waals surface area contributed by atoms with E-state index in [1.54, 1.807) is 13.8 Å². The number of esters is 1. The summed E-state index contributed by atoms with van der Waals surface area (Å²) in [6, 6.07) is 0. The van der Waals surface area contributed by atoms with Gasteiger partial charge in [-0.25, -0.2) is 4.79 Å². The molecular formula is C16H32O5. The first-order valence-electron chi connectivity index (χ1n) is 8.07. The van der Waals surface area contributed by atoms with E-state index < -0.39 is 5.60 Å². The minimum atomic E-state index is -0.869. The van der Waals surface area contributed by atoms with Gasteiger partial charge in [0.1, 0.15) is 0 Å². The maximum Gasteiger partial charge on any atom is 0.338 e. The summed E-state index contributed by atoms with van der Waals surface area (Å²) in [7, 11) is 0. The highest BCUT2D eigenvalue weighted by molar-refractivity contribution is 5.79. The molecule has 0 aromatic heterocycles. The normalized spacial score (nSPS) is 13.9. The molecule has 5 heteroatoms. The second-order valence-electron chi connectivity index (χ2n) is 5.13. The van der Waals surface area contributed by atoms with Gasteiger partial charge < -0.3 is 18.9 Å². The van der Waals surface area contributed by atoms with Crippen LogP contribution in [0.4, 0.5) is 0 Å². The van der Waals surface area contributed by atoms with E-state index in [1.165, 1.54) is 0 Å². The number of carbonyl (C=O) groups is 1. The van der Waals surface area contributed by atoms with Crippen molar-refractivity contribution >= 4 is 5.97 Å². The fraction of sp³-hybridized carbons (Fsp3) is 0.938. The zero-order chi connectivity index (χ0) is 16.0. The lowest BCUT2D eigenvalue weighted by Crippen LogP contribution is -2.40. The quantitative estimate of drug-likeness (QED) is 0.365. The zero-order valence-corrected chi connectivity index (χ0v) is 14.1. The van der Waals surface area contributed by atoms with Crippen molar-refractivity contribution < 1.29 is 23.7 Å². The van der Waals surface area contributed by atoms with Crippen LogP contribution in [-0.4, -0.2) is 51.2 Å². The lowest BCUT2D eigenvalue weighted by atomic mass is 10.0. The van der Waals surface area contributed by atoms with Crippen molar-refractivity contribution in [1.29, 1.82) is 0 Å². The molecule has 0 N–H and O–H groups in total. The van der Waals surface area contributed by atoms with Crippen molar-refractivity contribution in [3.05, 3.63) is 0 Å². The molecule has 126 valence electrons. The fourth-order valence-electron chi connectivity index (χ4n) is 1.89. The van der Waals surface area contributed by atoms with Crippen LogP contribution in [0.25, 0.3) is 0 Å². The first-order valence-corrected chi connectivity index (χ1v) is 8.07. The summed E-state index contributed by atoms with van der Waals surface area (Å²) in [5, 5.41) is 0. The van der Waals surface area contributed by atoms with Crippen molar-refractivity contribution in [3.63, 3.8) is 0 Å². The first-order chi connectivity index (χ1) is 10.1. The molecule has 0 aliphatic rings. The van der Waals surface area contributed by atoms with Gasteiger partial charge in [0.15, 0.2) is 5.60 Å². The Balaban J connectivity index is 3.76. The maximum atomic E-state index is 11.9. The van der Waals surface area contributed by atoms with Crippen LogP contribution in [0.2, 0.25) is 0 Å². The van der Waals surface area contributed by atoms with E-state index in [2.05, 4.69) is 6.92 Å². The molecule has 0 spiro atoms.